The van der Waals surface area contributed by atoms with Gasteiger partial charge in [0, 0.05) is 18.9 Å². The van der Waals surface area contributed by atoms with E-state index in [2.05, 4.69) is 31.3 Å². The van der Waals surface area contributed by atoms with Crippen LogP contribution in [0.25, 0.3) is 0 Å². The summed E-state index contributed by atoms with van der Waals surface area (Å²) in [7, 11) is 1.46. The lowest BCUT2D eigenvalue weighted by molar-refractivity contribution is -0.346. The van der Waals surface area contributed by atoms with Crippen LogP contribution in [0.1, 0.15) is 54.4 Å². The Bertz CT molecular complexity index is 1280. The summed E-state index contributed by atoms with van der Waals surface area (Å²) in [6, 6.07) is -1.15. The molecule has 2 amide bonds. The fourth-order valence-electron chi connectivity index (χ4n) is 6.82. The van der Waals surface area contributed by atoms with Gasteiger partial charge in [-0.2, -0.15) is 0 Å². The summed E-state index contributed by atoms with van der Waals surface area (Å²) in [5.41, 5.74) is -0.127. The lowest BCUT2D eigenvalue weighted by Crippen LogP contribution is -2.61. The summed E-state index contributed by atoms with van der Waals surface area (Å²) in [5, 5.41) is 23.7. The van der Waals surface area contributed by atoms with Crippen LogP contribution < -0.4 is 5.32 Å². The van der Waals surface area contributed by atoms with Crippen molar-refractivity contribution < 1.29 is 43.5 Å². The number of nitrogens with one attached hydrogen (secondary N) is 1. The number of carbonyl (C=O) groups excluding carboxylic acids is 3. The summed E-state index contributed by atoms with van der Waals surface area (Å²) < 4.78 is 24.3. The topological polar surface area (TPSA) is 147 Å². The number of ketones is 1. The maximum atomic E-state index is 13.6. The van der Waals surface area contributed by atoms with Crippen molar-refractivity contribution in [3.8, 4) is 0 Å². The first-order chi connectivity index (χ1) is 20.2. The Morgan fingerprint density at radius 3 is 2.51 bits per heavy atom. The number of hydrogen-bond acceptors (Lipinski definition) is 9. The molecule has 1 spiro atoms. The number of ether oxygens (including phenoxy) is 4. The second kappa shape index (κ2) is 11.6. The highest BCUT2D eigenvalue weighted by Gasteiger charge is 2.66. The van der Waals surface area contributed by atoms with Crippen molar-refractivity contribution in [2.24, 2.45) is 17.8 Å². The molecule has 5 rings (SSSR count). The first-order valence-electron chi connectivity index (χ1n) is 15.1. The first kappa shape index (κ1) is 31.6. The minimum Gasteiger partial charge on any atom is -0.507 e. The number of aliphatic hydroxyl groups is 2. The fraction of sp³-hybridized carbons (Fsp3) is 0.656. The molecule has 5 heterocycles. The molecular formula is C32H44N2O9. The van der Waals surface area contributed by atoms with Crippen molar-refractivity contribution >= 4 is 17.6 Å². The number of Topliss-reactive ketones (excluding diaryl/α,β-unsaturated/α-hetero) is 1. The average molecular weight is 601 g/mol. The zero-order valence-corrected chi connectivity index (χ0v) is 25.9. The molecule has 0 aromatic rings. The van der Waals surface area contributed by atoms with Gasteiger partial charge in [0.25, 0.3) is 5.91 Å². The van der Waals surface area contributed by atoms with Gasteiger partial charge >= 0.3 is 0 Å². The summed E-state index contributed by atoms with van der Waals surface area (Å²) >= 11 is 0. The Kier molecular flexibility index (Phi) is 8.51. The Labute approximate surface area is 252 Å². The third-order valence-electron chi connectivity index (χ3n) is 9.67. The number of rotatable bonds is 7. The van der Waals surface area contributed by atoms with Crippen molar-refractivity contribution in [2.45, 2.75) is 102 Å². The summed E-state index contributed by atoms with van der Waals surface area (Å²) in [6.45, 7) is 11.7. The second-order valence-electron chi connectivity index (χ2n) is 12.7. The zero-order chi connectivity index (χ0) is 31.4. The van der Waals surface area contributed by atoms with Crippen LogP contribution in [0.2, 0.25) is 0 Å². The van der Waals surface area contributed by atoms with Crippen LogP contribution in [0.5, 0.6) is 0 Å². The molecule has 0 aliphatic carbocycles. The van der Waals surface area contributed by atoms with Crippen molar-refractivity contribution in [1.29, 1.82) is 0 Å². The van der Waals surface area contributed by atoms with E-state index in [1.807, 2.05) is 19.9 Å². The summed E-state index contributed by atoms with van der Waals surface area (Å²) in [6.07, 6.45) is 7.46. The number of allylic oxidation sites excluding steroid dienone is 3. The minimum atomic E-state index is -1.15. The number of hydrogen-bond donors (Lipinski definition) is 3. The number of nitrogens with zero attached hydrogens (tertiary/aromatic N) is 1. The first-order valence-corrected chi connectivity index (χ1v) is 15.1. The van der Waals surface area contributed by atoms with Crippen LogP contribution in [0.3, 0.4) is 0 Å². The van der Waals surface area contributed by atoms with Crippen LogP contribution in [0.4, 0.5) is 0 Å². The van der Waals surface area contributed by atoms with Crippen LogP contribution in [-0.4, -0.2) is 94.4 Å². The number of fused-ring (bicyclic) bond motifs is 3. The van der Waals surface area contributed by atoms with Crippen molar-refractivity contribution in [1.82, 2.24) is 10.2 Å². The van der Waals surface area contributed by atoms with Crippen LogP contribution in [0, 0.1) is 17.8 Å². The number of epoxide rings is 1. The van der Waals surface area contributed by atoms with Gasteiger partial charge in [-0.05, 0) is 45.8 Å². The van der Waals surface area contributed by atoms with Crippen LogP contribution >= 0.6 is 0 Å². The predicted molar refractivity (Wildman–Crippen MR) is 155 cm³/mol. The summed E-state index contributed by atoms with van der Waals surface area (Å²) in [5.74, 6) is -3.93. The van der Waals surface area contributed by atoms with Gasteiger partial charge in [-0.15, -0.1) is 0 Å². The molecule has 11 heteroatoms. The Morgan fingerprint density at radius 2 is 1.88 bits per heavy atom. The molecule has 4 fully saturated rings. The minimum absolute atomic E-state index is 0.0220. The van der Waals surface area contributed by atoms with Crippen molar-refractivity contribution in [2.75, 3.05) is 13.7 Å². The smallest absolute Gasteiger partial charge is 0.264 e. The number of carbonyl (C=O) groups is 3. The Balaban J connectivity index is 1.36. The van der Waals surface area contributed by atoms with Gasteiger partial charge in [-0.3, -0.25) is 14.4 Å². The van der Waals surface area contributed by atoms with E-state index in [1.54, 1.807) is 19.9 Å². The molecule has 2 bridgehead atoms. The van der Waals surface area contributed by atoms with Gasteiger partial charge in [0.1, 0.15) is 23.6 Å². The number of likely N-dealkylation sites (tertiary alicyclic amines) is 1. The molecule has 0 aromatic carbocycles. The number of amides is 2. The molecule has 11 atom stereocenters. The maximum absolute atomic E-state index is 13.6. The standard InChI is InChI=1S/C32H44N2O9/c1-16(14-17(2)28-18(3)23-12-13-32(15-40-32)31(6,42-23)43-28)8-9-22(36)25-27(37)26(19(4)29(38)33-7)34(30(25)39)24-11-10-21(35)20(5)41-24/h8-9,12-14,17-21,23-24,26,28,35-36H,10-11,15H2,1-7H3,(H,33,38)/b9-8+,16-14+,25-22+/t17-,18+,19+,20+,21+,23?,24?,26?,28-,31?,32-/m1/s1. The molecule has 0 aromatic heterocycles. The van der Waals surface area contributed by atoms with E-state index in [0.717, 1.165) is 5.57 Å². The van der Waals surface area contributed by atoms with E-state index in [-0.39, 0.29) is 29.6 Å². The normalized spacial score (nSPS) is 42.0. The van der Waals surface area contributed by atoms with E-state index in [9.17, 15) is 24.6 Å². The fourth-order valence-corrected chi connectivity index (χ4v) is 6.82. The molecule has 4 saturated heterocycles. The Hall–Kier alpha value is -2.83. The average Bonchev–Trinajstić information content (AvgIpc) is 3.71. The lowest BCUT2D eigenvalue weighted by Gasteiger charge is -2.51. The molecule has 4 unspecified atom stereocenters. The van der Waals surface area contributed by atoms with Gasteiger partial charge in [0.2, 0.25) is 11.7 Å². The van der Waals surface area contributed by atoms with Gasteiger partial charge in [0.15, 0.2) is 11.4 Å². The van der Waals surface area contributed by atoms with Crippen LogP contribution in [0.15, 0.2) is 47.3 Å². The maximum Gasteiger partial charge on any atom is 0.264 e. The van der Waals surface area contributed by atoms with Gasteiger partial charge in [0.05, 0.1) is 36.9 Å². The second-order valence-corrected chi connectivity index (χ2v) is 12.7. The van der Waals surface area contributed by atoms with Crippen LogP contribution in [-0.2, 0) is 33.3 Å². The quantitative estimate of drug-likeness (QED) is 0.100. The Morgan fingerprint density at radius 1 is 1.19 bits per heavy atom. The molecule has 11 nitrogen and oxygen atoms in total. The van der Waals surface area contributed by atoms with E-state index in [1.165, 1.54) is 18.0 Å². The molecule has 5 aliphatic rings. The highest BCUT2D eigenvalue weighted by Crippen LogP contribution is 2.52. The molecule has 43 heavy (non-hydrogen) atoms. The predicted octanol–water partition coefficient (Wildman–Crippen LogP) is 2.46. The molecule has 0 radical (unpaired) electrons. The van der Waals surface area contributed by atoms with Gasteiger partial charge in [-0.25, -0.2) is 0 Å². The monoisotopic (exact) mass is 600 g/mol. The van der Waals surface area contributed by atoms with Gasteiger partial charge < -0.3 is 39.4 Å². The largest absolute Gasteiger partial charge is 0.507 e. The highest BCUT2D eigenvalue weighted by atomic mass is 16.8. The van der Waals surface area contributed by atoms with E-state index in [4.69, 9.17) is 18.9 Å². The van der Waals surface area contributed by atoms with E-state index in [0.29, 0.717) is 19.4 Å². The zero-order valence-electron chi connectivity index (χ0n) is 25.9. The molecule has 0 saturated carbocycles. The summed E-state index contributed by atoms with van der Waals surface area (Å²) in [4.78, 5) is 41.1. The number of aliphatic hydroxyl groups excluding tert-OH is 2. The van der Waals surface area contributed by atoms with E-state index < -0.39 is 65.1 Å². The third-order valence-corrected chi connectivity index (χ3v) is 9.67. The third kappa shape index (κ3) is 5.50. The molecule has 3 N–H and O–H groups in total. The molecular weight excluding hydrogens is 556 g/mol. The van der Waals surface area contributed by atoms with Crippen molar-refractivity contribution in [3.05, 3.63) is 47.3 Å². The lowest BCUT2D eigenvalue weighted by atomic mass is 9.82. The van der Waals surface area contributed by atoms with Crippen molar-refractivity contribution in [3.63, 3.8) is 0 Å². The SMILES string of the molecule is CNC(=O)[C@@H](C)C1C(=O)/C(=C(O)/C=C/C(C)=C/[C@@H](C)[C@H]2OC3(C)OC(C=C[C@@]34CO4)[C@@H]2C)C(=O)N1C1CC[C@H](O)[C@H](C)O1. The molecule has 5 aliphatic heterocycles. The van der Waals surface area contributed by atoms with Gasteiger partial charge in [-0.1, -0.05) is 44.6 Å². The highest BCUT2D eigenvalue weighted by molar-refractivity contribution is 6.27. The van der Waals surface area contributed by atoms with E-state index >= 15 is 0 Å². The molecule has 236 valence electrons.